The number of aromatic nitrogens is 2. The fourth-order valence-corrected chi connectivity index (χ4v) is 3.70. The Balaban J connectivity index is 1.30. The van der Waals surface area contributed by atoms with Gasteiger partial charge in [-0.2, -0.15) is 0 Å². The van der Waals surface area contributed by atoms with Gasteiger partial charge in [0.2, 0.25) is 23.4 Å². The first-order valence-electron chi connectivity index (χ1n) is 11.6. The molecule has 11 heteroatoms. The highest BCUT2D eigenvalue weighted by Crippen LogP contribution is 2.47. The average molecular weight is 519 g/mol. The molecule has 0 fully saturated rings. The average Bonchev–Trinajstić information content (AvgIpc) is 2.91. The molecule has 1 aromatic heterocycles. The number of halogens is 1. The van der Waals surface area contributed by atoms with Crippen LogP contribution in [-0.4, -0.2) is 40.1 Å². The van der Waals surface area contributed by atoms with Crippen LogP contribution in [-0.2, 0) is 9.59 Å². The van der Waals surface area contributed by atoms with Gasteiger partial charge >= 0.3 is 0 Å². The molecule has 4 aromatic rings. The first kappa shape index (κ1) is 24.8. The molecule has 0 aliphatic carbocycles. The first-order valence-corrected chi connectivity index (χ1v) is 11.6. The lowest BCUT2D eigenvalue weighted by molar-refractivity contribution is -0.135. The minimum Gasteiger partial charge on any atom is -0.504 e. The van der Waals surface area contributed by atoms with Crippen molar-refractivity contribution in [3.8, 4) is 28.9 Å². The molecule has 0 atom stereocenters. The third-order valence-corrected chi connectivity index (χ3v) is 5.92. The highest BCUT2D eigenvalue weighted by atomic mass is 19.1. The number of nitrogens with one attached hydrogen (secondary N) is 2. The number of carbonyl (C=O) groups is 2. The zero-order valence-electron chi connectivity index (χ0n) is 20.4. The van der Waals surface area contributed by atoms with Gasteiger partial charge in [0.1, 0.15) is 41.9 Å². The van der Waals surface area contributed by atoms with Crippen LogP contribution in [0.1, 0.15) is 13.8 Å². The quantitative estimate of drug-likeness (QED) is 0.315. The number of rotatable bonds is 6. The van der Waals surface area contributed by atoms with E-state index in [1.165, 1.54) is 50.5 Å². The van der Waals surface area contributed by atoms with Crippen molar-refractivity contribution >= 4 is 34.1 Å². The largest absolute Gasteiger partial charge is 0.504 e. The van der Waals surface area contributed by atoms with E-state index in [1.807, 2.05) is 0 Å². The van der Waals surface area contributed by atoms with E-state index < -0.39 is 23.0 Å². The highest BCUT2D eigenvalue weighted by molar-refractivity contribution is 6.14. The summed E-state index contributed by atoms with van der Waals surface area (Å²) in [5.74, 6) is -0.483. The van der Waals surface area contributed by atoms with Crippen molar-refractivity contribution in [1.29, 1.82) is 0 Å². The number of amides is 2. The Kier molecular flexibility index (Phi) is 6.41. The highest BCUT2D eigenvalue weighted by Gasteiger charge is 2.36. The van der Waals surface area contributed by atoms with Crippen LogP contribution in [0, 0.1) is 11.2 Å². The van der Waals surface area contributed by atoms with Crippen LogP contribution in [0.3, 0.4) is 0 Å². The van der Waals surface area contributed by atoms with Gasteiger partial charge < -0.3 is 30.0 Å². The lowest BCUT2D eigenvalue weighted by Gasteiger charge is -2.23. The molecule has 1 aliphatic heterocycles. The molecule has 10 nitrogen and oxygen atoms in total. The van der Waals surface area contributed by atoms with E-state index >= 15 is 0 Å². The second kappa shape index (κ2) is 9.85. The molecule has 5 rings (SSSR count). The maximum Gasteiger partial charge on any atom is 0.239 e. The molecule has 0 spiro atoms. The van der Waals surface area contributed by atoms with Crippen LogP contribution >= 0.6 is 0 Å². The molecule has 1 aliphatic rings. The van der Waals surface area contributed by atoms with Gasteiger partial charge in [-0.15, -0.1) is 0 Å². The number of aromatic hydroxyl groups is 1. The third-order valence-electron chi connectivity index (χ3n) is 5.92. The Labute approximate surface area is 216 Å². The van der Waals surface area contributed by atoms with Gasteiger partial charge in [0.25, 0.3) is 0 Å². The van der Waals surface area contributed by atoms with Gasteiger partial charge in [-0.1, -0.05) is 0 Å². The lowest BCUT2D eigenvalue weighted by atomic mass is 9.90. The Morgan fingerprint density at radius 3 is 2.13 bits per heavy atom. The number of hydrogen-bond donors (Lipinski definition) is 3. The summed E-state index contributed by atoms with van der Waals surface area (Å²) < 4.78 is 30.3. The molecular formula is C27H23FN4O6. The molecule has 3 N–H and O–H groups in total. The summed E-state index contributed by atoms with van der Waals surface area (Å²) in [6, 6.07) is 13.2. The lowest BCUT2D eigenvalue weighted by Crippen LogP contribution is -2.41. The van der Waals surface area contributed by atoms with Crippen molar-refractivity contribution in [2.75, 3.05) is 23.8 Å². The number of benzene rings is 3. The maximum atomic E-state index is 13.1. The minimum atomic E-state index is -1.42. The molecule has 0 saturated carbocycles. The second-order valence-electron chi connectivity index (χ2n) is 8.99. The number of hydrogen-bond acceptors (Lipinski definition) is 8. The third kappa shape index (κ3) is 4.85. The van der Waals surface area contributed by atoms with Crippen LogP contribution in [0.2, 0.25) is 0 Å². The van der Waals surface area contributed by atoms with Crippen molar-refractivity contribution in [2.24, 2.45) is 5.41 Å². The van der Waals surface area contributed by atoms with E-state index in [0.717, 1.165) is 0 Å². The van der Waals surface area contributed by atoms with Gasteiger partial charge in [-0.3, -0.25) is 9.59 Å². The van der Waals surface area contributed by atoms with E-state index in [1.54, 1.807) is 24.3 Å². The van der Waals surface area contributed by atoms with Gasteiger partial charge in [0.05, 0.1) is 5.52 Å². The van der Waals surface area contributed by atoms with Crippen molar-refractivity contribution in [1.82, 2.24) is 9.97 Å². The standard InChI is InChI=1S/C27H23FN4O6/c1-27(2,25(34)31-16-5-3-15(28)4-6-16)26(35)32-17-7-9-18(10-8-17)38-24-21-19(29-14-30-24)13-20(33)22-23(21)37-12-11-36-22/h3-10,13-14,33H,11-12H2,1-2H3,(H,31,34)(H,32,35). The van der Waals surface area contributed by atoms with E-state index in [2.05, 4.69) is 20.6 Å². The van der Waals surface area contributed by atoms with Gasteiger partial charge in [-0.05, 0) is 62.4 Å². The van der Waals surface area contributed by atoms with E-state index in [-0.39, 0.29) is 17.4 Å². The van der Waals surface area contributed by atoms with Crippen molar-refractivity contribution in [3.05, 3.63) is 66.7 Å². The van der Waals surface area contributed by atoms with Crippen molar-refractivity contribution < 1.29 is 33.3 Å². The van der Waals surface area contributed by atoms with E-state index in [4.69, 9.17) is 14.2 Å². The van der Waals surface area contributed by atoms with Crippen LogP contribution < -0.4 is 24.8 Å². The van der Waals surface area contributed by atoms with Crippen molar-refractivity contribution in [3.63, 3.8) is 0 Å². The minimum absolute atomic E-state index is 0.0915. The topological polar surface area (TPSA) is 132 Å². The summed E-state index contributed by atoms with van der Waals surface area (Å²) in [7, 11) is 0. The fraction of sp³-hybridized carbons (Fsp3) is 0.185. The zero-order chi connectivity index (χ0) is 26.9. The van der Waals surface area contributed by atoms with Gasteiger partial charge in [-0.25, -0.2) is 14.4 Å². The molecule has 3 aromatic carbocycles. The van der Waals surface area contributed by atoms with E-state index in [9.17, 15) is 19.1 Å². The number of carbonyl (C=O) groups excluding carboxylic acids is 2. The second-order valence-corrected chi connectivity index (χ2v) is 8.99. The Bertz CT molecular complexity index is 1520. The fourth-order valence-electron chi connectivity index (χ4n) is 3.70. The summed E-state index contributed by atoms with van der Waals surface area (Å²) in [5, 5.41) is 16.0. The van der Waals surface area contributed by atoms with Gasteiger partial charge in [0, 0.05) is 17.4 Å². The number of anilines is 2. The summed E-state index contributed by atoms with van der Waals surface area (Å²) in [6.07, 6.45) is 1.31. The Morgan fingerprint density at radius 1 is 0.921 bits per heavy atom. The molecule has 2 amide bonds. The summed E-state index contributed by atoms with van der Waals surface area (Å²) >= 11 is 0. The molecule has 38 heavy (non-hydrogen) atoms. The maximum absolute atomic E-state index is 13.1. The Morgan fingerprint density at radius 2 is 1.50 bits per heavy atom. The molecule has 0 radical (unpaired) electrons. The number of phenolic OH excluding ortho intramolecular Hbond substituents is 1. The molecule has 0 unspecified atom stereocenters. The molecular weight excluding hydrogens is 495 g/mol. The van der Waals surface area contributed by atoms with Crippen LogP contribution in [0.5, 0.6) is 28.9 Å². The van der Waals surface area contributed by atoms with Crippen molar-refractivity contribution in [2.45, 2.75) is 13.8 Å². The first-order chi connectivity index (χ1) is 18.2. The van der Waals surface area contributed by atoms with Crippen LogP contribution in [0.15, 0.2) is 60.9 Å². The monoisotopic (exact) mass is 518 g/mol. The molecule has 2 heterocycles. The van der Waals surface area contributed by atoms with Crippen LogP contribution in [0.4, 0.5) is 15.8 Å². The predicted molar refractivity (Wildman–Crippen MR) is 136 cm³/mol. The van der Waals surface area contributed by atoms with Gasteiger partial charge in [0.15, 0.2) is 11.5 Å². The summed E-state index contributed by atoms with van der Waals surface area (Å²) in [5.41, 5.74) is -0.182. The number of ether oxygens (including phenoxy) is 3. The molecule has 194 valence electrons. The summed E-state index contributed by atoms with van der Waals surface area (Å²) in [4.78, 5) is 34.0. The number of nitrogens with zero attached hydrogens (tertiary/aromatic N) is 2. The zero-order valence-corrected chi connectivity index (χ0v) is 20.4. The SMILES string of the molecule is CC(C)(C(=O)Nc1ccc(F)cc1)C(=O)Nc1ccc(Oc2ncnc3cc(O)c4c(c23)OCCO4)cc1. The molecule has 0 saturated heterocycles. The van der Waals surface area contributed by atoms with E-state index in [0.29, 0.717) is 47.0 Å². The number of phenols is 1. The van der Waals surface area contributed by atoms with Crippen LogP contribution in [0.25, 0.3) is 10.9 Å². The summed E-state index contributed by atoms with van der Waals surface area (Å²) in [6.45, 7) is 3.58. The smallest absolute Gasteiger partial charge is 0.239 e. The normalized spacial score (nSPS) is 12.6. The molecule has 0 bridgehead atoms. The number of fused-ring (bicyclic) bond motifs is 3. The Hall–Kier alpha value is -4.93. The predicted octanol–water partition coefficient (Wildman–Crippen LogP) is 4.64.